The third-order valence-electron chi connectivity index (χ3n) is 3.07. The molecule has 4 nitrogen and oxygen atoms in total. The van der Waals surface area contributed by atoms with E-state index in [0.29, 0.717) is 28.0 Å². The Morgan fingerprint density at radius 2 is 2.00 bits per heavy atom. The largest absolute Gasteiger partial charge is 0.497 e. The molecule has 0 aliphatic carbocycles. The molecule has 23 heavy (non-hydrogen) atoms. The lowest BCUT2D eigenvalue weighted by Gasteiger charge is -2.11. The summed E-state index contributed by atoms with van der Waals surface area (Å²) in [6.45, 7) is 0. The van der Waals surface area contributed by atoms with Crippen molar-refractivity contribution < 1.29 is 14.3 Å². The van der Waals surface area contributed by atoms with Gasteiger partial charge in [0.2, 0.25) is 5.91 Å². The topological polar surface area (TPSA) is 47.6 Å². The van der Waals surface area contributed by atoms with Crippen LogP contribution in [-0.4, -0.2) is 25.9 Å². The van der Waals surface area contributed by atoms with Crippen molar-refractivity contribution in [3.8, 4) is 11.5 Å². The number of halogens is 1. The highest BCUT2D eigenvalue weighted by Crippen LogP contribution is 2.29. The molecule has 0 aliphatic rings. The van der Waals surface area contributed by atoms with Crippen molar-refractivity contribution in [3.05, 3.63) is 53.1 Å². The molecule has 2 rings (SSSR count). The van der Waals surface area contributed by atoms with Crippen LogP contribution in [0.2, 0.25) is 5.02 Å². The van der Waals surface area contributed by atoms with Crippen LogP contribution in [0.4, 0.5) is 5.69 Å². The van der Waals surface area contributed by atoms with Gasteiger partial charge >= 0.3 is 0 Å². The summed E-state index contributed by atoms with van der Waals surface area (Å²) in [6.07, 6.45) is 0. The number of hydrogen-bond donors (Lipinski definition) is 1. The average Bonchev–Trinajstić information content (AvgIpc) is 2.55. The first-order valence-electron chi connectivity index (χ1n) is 6.96. The van der Waals surface area contributed by atoms with Gasteiger partial charge in [0.05, 0.1) is 25.7 Å². The third-order valence-corrected chi connectivity index (χ3v) is 4.31. The zero-order chi connectivity index (χ0) is 16.7. The monoisotopic (exact) mass is 351 g/mol. The van der Waals surface area contributed by atoms with Crippen molar-refractivity contribution in [3.63, 3.8) is 0 Å². The molecule has 0 aliphatic heterocycles. The average molecular weight is 352 g/mol. The lowest BCUT2D eigenvalue weighted by molar-refractivity contribution is -0.113. The van der Waals surface area contributed by atoms with Crippen molar-refractivity contribution in [2.75, 3.05) is 25.3 Å². The predicted octanol–water partition coefficient (Wildman–Crippen LogP) is 4.23. The first-order valence-corrected chi connectivity index (χ1v) is 8.49. The van der Waals surface area contributed by atoms with Gasteiger partial charge in [-0.2, -0.15) is 0 Å². The fraction of sp³-hybridized carbons (Fsp3) is 0.235. The number of carbonyl (C=O) groups is 1. The molecule has 0 bridgehead atoms. The van der Waals surface area contributed by atoms with Gasteiger partial charge in [0.1, 0.15) is 11.5 Å². The number of nitrogens with one attached hydrogen (secondary N) is 1. The van der Waals surface area contributed by atoms with Gasteiger partial charge in [0.25, 0.3) is 0 Å². The van der Waals surface area contributed by atoms with Crippen LogP contribution < -0.4 is 14.8 Å². The zero-order valence-electron chi connectivity index (χ0n) is 13.0. The van der Waals surface area contributed by atoms with E-state index in [1.807, 2.05) is 24.3 Å². The van der Waals surface area contributed by atoms with Crippen molar-refractivity contribution in [2.24, 2.45) is 0 Å². The normalized spacial score (nSPS) is 10.2. The Balaban J connectivity index is 1.89. The van der Waals surface area contributed by atoms with Gasteiger partial charge in [0.15, 0.2) is 0 Å². The maximum atomic E-state index is 12.1. The van der Waals surface area contributed by atoms with E-state index < -0.39 is 0 Å². The van der Waals surface area contributed by atoms with Gasteiger partial charge in [-0.15, -0.1) is 11.8 Å². The highest BCUT2D eigenvalue weighted by Gasteiger charge is 2.09. The summed E-state index contributed by atoms with van der Waals surface area (Å²) in [6, 6.07) is 12.9. The molecule has 0 spiro atoms. The molecule has 6 heteroatoms. The fourth-order valence-corrected chi connectivity index (χ4v) is 2.97. The summed E-state index contributed by atoms with van der Waals surface area (Å²) in [7, 11) is 3.14. The summed E-state index contributed by atoms with van der Waals surface area (Å²) in [4.78, 5) is 12.1. The van der Waals surface area contributed by atoms with Gasteiger partial charge in [0, 0.05) is 16.8 Å². The maximum absolute atomic E-state index is 12.1. The van der Waals surface area contributed by atoms with Crippen molar-refractivity contribution in [1.82, 2.24) is 0 Å². The lowest BCUT2D eigenvalue weighted by Crippen LogP contribution is -2.15. The fourth-order valence-electron chi connectivity index (χ4n) is 1.99. The van der Waals surface area contributed by atoms with Crippen LogP contribution in [0.3, 0.4) is 0 Å². The molecule has 0 heterocycles. The number of carbonyl (C=O) groups excluding carboxylic acids is 1. The van der Waals surface area contributed by atoms with E-state index in [9.17, 15) is 4.79 Å². The molecule has 0 aromatic heterocycles. The Morgan fingerprint density at radius 3 is 2.70 bits per heavy atom. The number of anilines is 1. The molecule has 1 N–H and O–H groups in total. The highest BCUT2D eigenvalue weighted by molar-refractivity contribution is 7.99. The van der Waals surface area contributed by atoms with Crippen LogP contribution in [0.1, 0.15) is 5.56 Å². The van der Waals surface area contributed by atoms with Crippen molar-refractivity contribution >= 4 is 35.0 Å². The minimum Gasteiger partial charge on any atom is -0.497 e. The van der Waals surface area contributed by atoms with Crippen LogP contribution >= 0.6 is 23.4 Å². The molecule has 0 unspecified atom stereocenters. The number of methoxy groups -OCH3 is 2. The van der Waals surface area contributed by atoms with Crippen molar-refractivity contribution in [1.29, 1.82) is 0 Å². The Bertz CT molecular complexity index is 679. The number of benzene rings is 2. The van der Waals surface area contributed by atoms with E-state index in [2.05, 4.69) is 5.32 Å². The molecule has 0 radical (unpaired) electrons. The Labute approximate surface area is 145 Å². The quantitative estimate of drug-likeness (QED) is 0.811. The second kappa shape index (κ2) is 8.70. The number of thioether (sulfide) groups is 1. The smallest absolute Gasteiger partial charge is 0.234 e. The Morgan fingerprint density at radius 1 is 1.17 bits per heavy atom. The molecule has 2 aromatic carbocycles. The van der Waals surface area contributed by atoms with Gasteiger partial charge in [-0.3, -0.25) is 4.79 Å². The minimum atomic E-state index is -0.0939. The standard InChI is InChI=1S/C17H18ClNO3S/c1-21-14-6-7-16(22-2)15(9-14)19-17(20)11-23-10-12-4-3-5-13(18)8-12/h3-9H,10-11H2,1-2H3,(H,19,20). The summed E-state index contributed by atoms with van der Waals surface area (Å²) in [5.41, 5.74) is 1.69. The van der Waals surface area contributed by atoms with Crippen LogP contribution in [0.5, 0.6) is 11.5 Å². The van der Waals surface area contributed by atoms with Gasteiger partial charge in [-0.1, -0.05) is 23.7 Å². The summed E-state index contributed by atoms with van der Waals surface area (Å²) >= 11 is 7.46. The lowest BCUT2D eigenvalue weighted by atomic mass is 10.2. The minimum absolute atomic E-state index is 0.0939. The molecule has 1 amide bonds. The maximum Gasteiger partial charge on any atom is 0.234 e. The van der Waals surface area contributed by atoms with Gasteiger partial charge < -0.3 is 14.8 Å². The first kappa shape index (κ1) is 17.5. The second-order valence-electron chi connectivity index (χ2n) is 4.74. The molecule has 122 valence electrons. The van der Waals surface area contributed by atoms with Crippen LogP contribution in [0, 0.1) is 0 Å². The molecular formula is C17H18ClNO3S. The Hall–Kier alpha value is -1.85. The Kier molecular flexibility index (Phi) is 6.62. The van der Waals surface area contributed by atoms with Crippen LogP contribution in [0.25, 0.3) is 0 Å². The van der Waals surface area contributed by atoms with E-state index in [-0.39, 0.29) is 5.91 Å². The number of hydrogen-bond acceptors (Lipinski definition) is 4. The zero-order valence-corrected chi connectivity index (χ0v) is 14.5. The first-order chi connectivity index (χ1) is 11.1. The number of amides is 1. The SMILES string of the molecule is COc1ccc(OC)c(NC(=O)CSCc2cccc(Cl)c2)c1. The molecule has 0 fully saturated rings. The number of rotatable bonds is 7. The van der Waals surface area contributed by atoms with E-state index in [1.54, 1.807) is 32.4 Å². The van der Waals surface area contributed by atoms with Crippen molar-refractivity contribution in [2.45, 2.75) is 5.75 Å². The van der Waals surface area contributed by atoms with E-state index in [1.165, 1.54) is 11.8 Å². The third kappa shape index (κ3) is 5.37. The predicted molar refractivity (Wildman–Crippen MR) is 95.8 cm³/mol. The van der Waals surface area contributed by atoms with E-state index >= 15 is 0 Å². The second-order valence-corrected chi connectivity index (χ2v) is 6.16. The molecule has 0 saturated carbocycles. The van der Waals surface area contributed by atoms with E-state index in [0.717, 1.165) is 11.3 Å². The molecule has 0 saturated heterocycles. The van der Waals surface area contributed by atoms with Gasteiger partial charge in [-0.05, 0) is 29.8 Å². The van der Waals surface area contributed by atoms with Crippen LogP contribution in [0.15, 0.2) is 42.5 Å². The highest BCUT2D eigenvalue weighted by atomic mass is 35.5. The molecule has 2 aromatic rings. The number of ether oxygens (including phenoxy) is 2. The summed E-state index contributed by atoms with van der Waals surface area (Å²) in [5, 5.41) is 3.55. The van der Waals surface area contributed by atoms with Crippen LogP contribution in [-0.2, 0) is 10.5 Å². The molecule has 0 atom stereocenters. The molecular weight excluding hydrogens is 334 g/mol. The summed E-state index contributed by atoms with van der Waals surface area (Å²) in [5.74, 6) is 2.23. The van der Waals surface area contributed by atoms with Gasteiger partial charge in [-0.25, -0.2) is 0 Å². The van der Waals surface area contributed by atoms with E-state index in [4.69, 9.17) is 21.1 Å². The summed E-state index contributed by atoms with van der Waals surface area (Å²) < 4.78 is 10.4.